The second-order valence-electron chi connectivity index (χ2n) is 6.44. The van der Waals surface area contributed by atoms with Gasteiger partial charge >= 0.3 is 5.97 Å². The monoisotopic (exact) mass is 358 g/mol. The molecule has 0 fully saturated rings. The smallest absolute Gasteiger partial charge is 0.306 e. The van der Waals surface area contributed by atoms with Crippen LogP contribution in [0.25, 0.3) is 10.8 Å². The Bertz CT molecular complexity index is 815. The van der Waals surface area contributed by atoms with Gasteiger partial charge in [-0.15, -0.1) is 12.4 Å². The lowest BCUT2D eigenvalue weighted by Gasteiger charge is -2.20. The largest absolute Gasteiger partial charge is 0.456 e. The van der Waals surface area contributed by atoms with Gasteiger partial charge in [0.2, 0.25) is 0 Å². The molecule has 3 rings (SSSR count). The number of aromatic nitrogens is 2. The molecule has 25 heavy (non-hydrogen) atoms. The summed E-state index contributed by atoms with van der Waals surface area (Å²) in [7, 11) is 0. The minimum atomic E-state index is -0.324. The first-order valence-electron chi connectivity index (χ1n) is 8.26. The molecule has 1 atom stereocenters. The normalized spacial score (nSPS) is 12.0. The van der Waals surface area contributed by atoms with Crippen LogP contribution in [0.3, 0.4) is 0 Å². The van der Waals surface area contributed by atoms with Gasteiger partial charge in [-0.05, 0) is 28.3 Å². The van der Waals surface area contributed by atoms with E-state index in [2.05, 4.69) is 29.2 Å². The third kappa shape index (κ3) is 5.07. The highest BCUT2D eigenvalue weighted by atomic mass is 35.5. The van der Waals surface area contributed by atoms with Crippen molar-refractivity contribution in [2.75, 3.05) is 0 Å². The van der Waals surface area contributed by atoms with Gasteiger partial charge in [-0.2, -0.15) is 0 Å². The molecular weight excluding hydrogens is 336 g/mol. The summed E-state index contributed by atoms with van der Waals surface area (Å²) in [5, 5.41) is 2.32. The van der Waals surface area contributed by atoms with Crippen LogP contribution in [0.2, 0.25) is 0 Å². The van der Waals surface area contributed by atoms with Gasteiger partial charge in [0.1, 0.15) is 6.10 Å². The van der Waals surface area contributed by atoms with Gasteiger partial charge in [0, 0.05) is 18.8 Å². The summed E-state index contributed by atoms with van der Waals surface area (Å²) < 4.78 is 7.72. The number of hydrogen-bond acceptors (Lipinski definition) is 3. The minimum absolute atomic E-state index is 0. The van der Waals surface area contributed by atoms with Crippen LogP contribution in [0.4, 0.5) is 0 Å². The van der Waals surface area contributed by atoms with E-state index in [1.807, 2.05) is 42.8 Å². The molecule has 0 aliphatic heterocycles. The molecule has 0 saturated carbocycles. The summed E-state index contributed by atoms with van der Waals surface area (Å²) >= 11 is 0. The maximum absolute atomic E-state index is 12.2. The number of fused-ring (bicyclic) bond motifs is 1. The molecule has 132 valence electrons. The quantitative estimate of drug-likeness (QED) is 0.595. The molecule has 0 aliphatic rings. The van der Waals surface area contributed by atoms with Crippen molar-refractivity contribution in [2.45, 2.75) is 32.9 Å². The second kappa shape index (κ2) is 8.67. The average molecular weight is 359 g/mol. The molecule has 0 bridgehead atoms. The number of halogens is 1. The topological polar surface area (TPSA) is 44.1 Å². The van der Waals surface area contributed by atoms with Crippen molar-refractivity contribution in [1.29, 1.82) is 0 Å². The first-order valence-corrected chi connectivity index (χ1v) is 8.26. The van der Waals surface area contributed by atoms with Crippen molar-refractivity contribution < 1.29 is 9.53 Å². The van der Waals surface area contributed by atoms with E-state index in [1.165, 1.54) is 5.39 Å². The Morgan fingerprint density at radius 1 is 1.16 bits per heavy atom. The Morgan fingerprint density at radius 3 is 2.60 bits per heavy atom. The van der Waals surface area contributed by atoms with Gasteiger partial charge in [-0.25, -0.2) is 4.98 Å². The fraction of sp³-hybridized carbons (Fsp3) is 0.300. The van der Waals surface area contributed by atoms with Crippen molar-refractivity contribution >= 4 is 29.1 Å². The summed E-state index contributed by atoms with van der Waals surface area (Å²) in [5.41, 5.74) is 1.000. The molecule has 0 saturated heterocycles. The standard InChI is InChI=1S/C20H22N2O2.ClH/c1-15(2)11-20(23)24-19(13-22-10-9-21-14-22)18-8-7-16-5-3-4-6-17(16)12-18;/h3-10,12,14-15,19H,11,13H2,1-2H3;1H. The third-order valence-corrected chi connectivity index (χ3v) is 3.93. The lowest BCUT2D eigenvalue weighted by atomic mass is 10.0. The summed E-state index contributed by atoms with van der Waals surface area (Å²) in [6.45, 7) is 4.59. The zero-order valence-corrected chi connectivity index (χ0v) is 15.3. The summed E-state index contributed by atoms with van der Waals surface area (Å²) in [6.07, 6.45) is 5.45. The molecule has 0 amide bonds. The number of nitrogens with zero attached hydrogens (tertiary/aromatic N) is 2. The van der Waals surface area contributed by atoms with Crippen LogP contribution in [-0.4, -0.2) is 15.5 Å². The Labute approximate surface area is 154 Å². The lowest BCUT2D eigenvalue weighted by Crippen LogP contribution is -2.17. The highest BCUT2D eigenvalue weighted by Gasteiger charge is 2.18. The Kier molecular flexibility index (Phi) is 6.59. The molecular formula is C20H23ClN2O2. The Hall–Kier alpha value is -2.33. The Balaban J connectivity index is 0.00000225. The number of hydrogen-bond donors (Lipinski definition) is 0. The van der Waals surface area contributed by atoms with Crippen molar-refractivity contribution in [3.63, 3.8) is 0 Å². The second-order valence-corrected chi connectivity index (χ2v) is 6.44. The molecule has 2 aromatic carbocycles. The fourth-order valence-corrected chi connectivity index (χ4v) is 2.75. The highest BCUT2D eigenvalue weighted by molar-refractivity contribution is 5.85. The van der Waals surface area contributed by atoms with Crippen molar-refractivity contribution in [1.82, 2.24) is 9.55 Å². The number of carbonyl (C=O) groups is 1. The van der Waals surface area contributed by atoms with E-state index in [1.54, 1.807) is 12.5 Å². The van der Waals surface area contributed by atoms with Crippen LogP contribution in [0.1, 0.15) is 31.9 Å². The first-order chi connectivity index (χ1) is 11.6. The zero-order valence-electron chi connectivity index (χ0n) is 14.5. The molecule has 5 heteroatoms. The molecule has 1 unspecified atom stereocenters. The van der Waals surface area contributed by atoms with E-state index in [0.717, 1.165) is 10.9 Å². The van der Waals surface area contributed by atoms with E-state index in [4.69, 9.17) is 4.74 Å². The summed E-state index contributed by atoms with van der Waals surface area (Å²) in [6, 6.07) is 14.4. The van der Waals surface area contributed by atoms with Crippen LogP contribution >= 0.6 is 12.4 Å². The molecule has 1 heterocycles. The van der Waals surface area contributed by atoms with E-state index in [9.17, 15) is 4.79 Å². The molecule has 4 nitrogen and oxygen atoms in total. The van der Waals surface area contributed by atoms with Crippen molar-refractivity contribution in [3.05, 3.63) is 66.7 Å². The predicted octanol–water partition coefficient (Wildman–Crippen LogP) is 4.79. The van der Waals surface area contributed by atoms with Gasteiger partial charge in [0.25, 0.3) is 0 Å². The summed E-state index contributed by atoms with van der Waals surface area (Å²) in [4.78, 5) is 16.3. The van der Waals surface area contributed by atoms with Gasteiger partial charge < -0.3 is 9.30 Å². The van der Waals surface area contributed by atoms with Gasteiger partial charge in [-0.3, -0.25) is 4.79 Å². The third-order valence-electron chi connectivity index (χ3n) is 3.93. The SMILES string of the molecule is CC(C)CC(=O)OC(Cn1ccnc1)c1ccc2ccccc2c1.Cl. The lowest BCUT2D eigenvalue weighted by molar-refractivity contribution is -0.151. The van der Waals surface area contributed by atoms with Gasteiger partial charge in [-0.1, -0.05) is 50.2 Å². The predicted molar refractivity (Wildman–Crippen MR) is 102 cm³/mol. The van der Waals surface area contributed by atoms with Crippen LogP contribution < -0.4 is 0 Å². The van der Waals surface area contributed by atoms with E-state index in [-0.39, 0.29) is 30.4 Å². The summed E-state index contributed by atoms with van der Waals surface area (Å²) in [5.74, 6) is 0.117. The van der Waals surface area contributed by atoms with Crippen molar-refractivity contribution in [3.8, 4) is 0 Å². The number of imidazole rings is 1. The average Bonchev–Trinajstić information content (AvgIpc) is 3.06. The molecule has 0 spiro atoms. The maximum atomic E-state index is 12.2. The minimum Gasteiger partial charge on any atom is -0.456 e. The first kappa shape index (κ1) is 19.0. The molecule has 3 aromatic rings. The molecule has 0 radical (unpaired) electrons. The van der Waals surface area contributed by atoms with Crippen LogP contribution in [0.15, 0.2) is 61.2 Å². The van der Waals surface area contributed by atoms with E-state index < -0.39 is 0 Å². The van der Waals surface area contributed by atoms with Crippen LogP contribution in [-0.2, 0) is 16.1 Å². The van der Waals surface area contributed by atoms with Crippen molar-refractivity contribution in [2.24, 2.45) is 5.92 Å². The number of ether oxygens (including phenoxy) is 1. The van der Waals surface area contributed by atoms with E-state index >= 15 is 0 Å². The van der Waals surface area contributed by atoms with Crippen LogP contribution in [0, 0.1) is 5.92 Å². The highest BCUT2D eigenvalue weighted by Crippen LogP contribution is 2.25. The molecule has 0 N–H and O–H groups in total. The maximum Gasteiger partial charge on any atom is 0.306 e. The van der Waals surface area contributed by atoms with Gasteiger partial charge in [0.05, 0.1) is 12.9 Å². The van der Waals surface area contributed by atoms with Crippen LogP contribution in [0.5, 0.6) is 0 Å². The Morgan fingerprint density at radius 2 is 1.92 bits per heavy atom. The number of rotatable bonds is 6. The molecule has 1 aromatic heterocycles. The van der Waals surface area contributed by atoms with Gasteiger partial charge in [0.15, 0.2) is 0 Å². The van der Waals surface area contributed by atoms with E-state index in [0.29, 0.717) is 13.0 Å². The fourth-order valence-electron chi connectivity index (χ4n) is 2.75. The number of carbonyl (C=O) groups excluding carboxylic acids is 1. The number of benzene rings is 2. The number of esters is 1. The molecule has 0 aliphatic carbocycles. The zero-order chi connectivity index (χ0) is 16.9.